The van der Waals surface area contributed by atoms with E-state index in [4.69, 9.17) is 16.3 Å². The fraction of sp³-hybridized carbons (Fsp3) is 0.636. The van der Waals surface area contributed by atoms with Crippen LogP contribution in [-0.2, 0) is 6.42 Å². The predicted molar refractivity (Wildman–Crippen MR) is 63.9 cm³/mol. The maximum atomic E-state index is 5.68. The normalized spacial score (nSPS) is 10.5. The highest BCUT2D eigenvalue weighted by molar-refractivity contribution is 7.12. The zero-order chi connectivity index (χ0) is 10.4. The van der Waals surface area contributed by atoms with Gasteiger partial charge < -0.3 is 4.74 Å². The van der Waals surface area contributed by atoms with Gasteiger partial charge in [-0.2, -0.15) is 0 Å². The van der Waals surface area contributed by atoms with Crippen molar-refractivity contribution in [2.75, 3.05) is 12.5 Å². The second-order valence-corrected chi connectivity index (χ2v) is 4.55. The van der Waals surface area contributed by atoms with Gasteiger partial charge in [0.2, 0.25) is 0 Å². The van der Waals surface area contributed by atoms with E-state index in [1.54, 1.807) is 11.3 Å². The van der Waals surface area contributed by atoms with Gasteiger partial charge in [-0.15, -0.1) is 22.9 Å². The van der Waals surface area contributed by atoms with E-state index < -0.39 is 0 Å². The van der Waals surface area contributed by atoms with Gasteiger partial charge in [0.05, 0.1) is 6.61 Å². The van der Waals surface area contributed by atoms with Crippen LogP contribution in [0.3, 0.4) is 0 Å². The summed E-state index contributed by atoms with van der Waals surface area (Å²) >= 11 is 7.30. The van der Waals surface area contributed by atoms with E-state index in [2.05, 4.69) is 19.2 Å². The van der Waals surface area contributed by atoms with Crippen LogP contribution in [0.1, 0.15) is 30.9 Å². The maximum absolute atomic E-state index is 5.68. The zero-order valence-corrected chi connectivity index (χ0v) is 10.4. The van der Waals surface area contributed by atoms with E-state index >= 15 is 0 Å². The topological polar surface area (TPSA) is 9.23 Å². The molecular formula is C11H17ClOS. The molecule has 0 N–H and O–H groups in total. The molecule has 3 heteroatoms. The van der Waals surface area contributed by atoms with Gasteiger partial charge in [-0.25, -0.2) is 0 Å². The molecule has 0 aliphatic rings. The summed E-state index contributed by atoms with van der Waals surface area (Å²) in [7, 11) is 0. The van der Waals surface area contributed by atoms with E-state index in [9.17, 15) is 0 Å². The molecule has 0 unspecified atom stereocenters. The quantitative estimate of drug-likeness (QED) is 0.532. The first kappa shape index (κ1) is 11.9. The standard InChI is InChI=1S/C11H17ClOS/c1-3-5-10-9(2)8-14-11(10)13-7-4-6-12/h8H,3-7H2,1-2H3. The Bertz CT molecular complexity index is 270. The highest BCUT2D eigenvalue weighted by atomic mass is 35.5. The maximum Gasteiger partial charge on any atom is 0.177 e. The molecule has 0 saturated heterocycles. The molecule has 14 heavy (non-hydrogen) atoms. The number of hydrogen-bond acceptors (Lipinski definition) is 2. The molecule has 0 bridgehead atoms. The van der Waals surface area contributed by atoms with Crippen molar-refractivity contribution in [2.45, 2.75) is 33.1 Å². The zero-order valence-electron chi connectivity index (χ0n) is 8.81. The number of alkyl halides is 1. The summed E-state index contributed by atoms with van der Waals surface area (Å²) in [6, 6.07) is 0. The Hall–Kier alpha value is -0.210. The summed E-state index contributed by atoms with van der Waals surface area (Å²) in [6.45, 7) is 5.08. The molecular weight excluding hydrogens is 216 g/mol. The molecule has 0 radical (unpaired) electrons. The van der Waals surface area contributed by atoms with Crippen LogP contribution in [-0.4, -0.2) is 12.5 Å². The van der Waals surface area contributed by atoms with Gasteiger partial charge in [0.15, 0.2) is 5.06 Å². The van der Waals surface area contributed by atoms with E-state index in [1.165, 1.54) is 17.5 Å². The van der Waals surface area contributed by atoms with Crippen molar-refractivity contribution in [3.8, 4) is 5.06 Å². The number of rotatable bonds is 6. The van der Waals surface area contributed by atoms with Gasteiger partial charge in [-0.05, 0) is 30.7 Å². The molecule has 0 spiro atoms. The van der Waals surface area contributed by atoms with Gasteiger partial charge in [0.1, 0.15) is 0 Å². The van der Waals surface area contributed by atoms with E-state index in [-0.39, 0.29) is 0 Å². The molecule has 1 rings (SSSR count). The molecule has 0 aliphatic heterocycles. The average Bonchev–Trinajstić information content (AvgIpc) is 2.51. The lowest BCUT2D eigenvalue weighted by Crippen LogP contribution is -1.98. The Morgan fingerprint density at radius 2 is 2.29 bits per heavy atom. The van der Waals surface area contributed by atoms with Crippen molar-refractivity contribution in [1.82, 2.24) is 0 Å². The fourth-order valence-electron chi connectivity index (χ4n) is 1.33. The van der Waals surface area contributed by atoms with Crippen molar-refractivity contribution < 1.29 is 4.74 Å². The minimum Gasteiger partial charge on any atom is -0.484 e. The van der Waals surface area contributed by atoms with E-state index in [0.29, 0.717) is 5.88 Å². The number of thiophene rings is 1. The molecule has 0 aliphatic carbocycles. The van der Waals surface area contributed by atoms with Gasteiger partial charge in [0.25, 0.3) is 0 Å². The summed E-state index contributed by atoms with van der Waals surface area (Å²) < 4.78 is 5.68. The molecule has 1 aromatic rings. The molecule has 0 fully saturated rings. The van der Waals surface area contributed by atoms with Crippen LogP contribution in [0.5, 0.6) is 5.06 Å². The van der Waals surface area contributed by atoms with Crippen LogP contribution in [0.2, 0.25) is 0 Å². The third kappa shape index (κ3) is 3.18. The third-order valence-corrected chi connectivity index (χ3v) is 3.39. The highest BCUT2D eigenvalue weighted by Crippen LogP contribution is 2.31. The molecule has 0 saturated carbocycles. The monoisotopic (exact) mass is 232 g/mol. The van der Waals surface area contributed by atoms with Crippen molar-refractivity contribution in [3.63, 3.8) is 0 Å². The summed E-state index contributed by atoms with van der Waals surface area (Å²) in [5, 5.41) is 3.26. The lowest BCUT2D eigenvalue weighted by Gasteiger charge is -2.05. The second kappa shape index (κ2) is 6.31. The minimum absolute atomic E-state index is 0.674. The first-order valence-corrected chi connectivity index (χ1v) is 6.46. The smallest absolute Gasteiger partial charge is 0.177 e. The summed E-state index contributed by atoms with van der Waals surface area (Å²) in [5.41, 5.74) is 2.74. The Balaban J connectivity index is 2.56. The SMILES string of the molecule is CCCc1c(C)csc1OCCCCl. The van der Waals surface area contributed by atoms with E-state index in [0.717, 1.165) is 24.5 Å². The van der Waals surface area contributed by atoms with Crippen LogP contribution in [0, 0.1) is 6.92 Å². The molecule has 1 nitrogen and oxygen atoms in total. The Kier molecular flexibility index (Phi) is 5.34. The van der Waals surface area contributed by atoms with Crippen LogP contribution >= 0.6 is 22.9 Å². The minimum atomic E-state index is 0.674. The Morgan fingerprint density at radius 1 is 1.50 bits per heavy atom. The van der Waals surface area contributed by atoms with Crippen LogP contribution < -0.4 is 4.74 Å². The number of ether oxygens (including phenoxy) is 1. The summed E-state index contributed by atoms with van der Waals surface area (Å²) in [4.78, 5) is 0. The average molecular weight is 233 g/mol. The largest absolute Gasteiger partial charge is 0.484 e. The van der Waals surface area contributed by atoms with Gasteiger partial charge in [-0.3, -0.25) is 0 Å². The van der Waals surface area contributed by atoms with Gasteiger partial charge in [0, 0.05) is 11.4 Å². The van der Waals surface area contributed by atoms with Crippen LogP contribution in [0.4, 0.5) is 0 Å². The Labute approximate surface area is 95.0 Å². The lowest BCUT2D eigenvalue weighted by molar-refractivity contribution is 0.324. The number of aryl methyl sites for hydroxylation is 1. The fourth-order valence-corrected chi connectivity index (χ4v) is 2.43. The third-order valence-electron chi connectivity index (χ3n) is 2.08. The first-order chi connectivity index (χ1) is 6.79. The van der Waals surface area contributed by atoms with Crippen molar-refractivity contribution in [1.29, 1.82) is 0 Å². The van der Waals surface area contributed by atoms with Crippen molar-refractivity contribution in [3.05, 3.63) is 16.5 Å². The molecule has 80 valence electrons. The molecule has 1 aromatic heterocycles. The highest BCUT2D eigenvalue weighted by Gasteiger charge is 2.08. The first-order valence-electron chi connectivity index (χ1n) is 5.05. The number of halogens is 1. The van der Waals surface area contributed by atoms with Gasteiger partial charge >= 0.3 is 0 Å². The molecule has 1 heterocycles. The Morgan fingerprint density at radius 3 is 2.93 bits per heavy atom. The summed E-state index contributed by atoms with van der Waals surface area (Å²) in [5.74, 6) is 0.674. The van der Waals surface area contributed by atoms with Crippen LogP contribution in [0.15, 0.2) is 5.38 Å². The predicted octanol–water partition coefficient (Wildman–Crippen LogP) is 4.02. The van der Waals surface area contributed by atoms with Crippen LogP contribution in [0.25, 0.3) is 0 Å². The molecule has 0 amide bonds. The van der Waals surface area contributed by atoms with E-state index in [1.807, 2.05) is 0 Å². The van der Waals surface area contributed by atoms with Crippen molar-refractivity contribution >= 4 is 22.9 Å². The van der Waals surface area contributed by atoms with Crippen molar-refractivity contribution in [2.24, 2.45) is 0 Å². The number of hydrogen-bond donors (Lipinski definition) is 0. The molecule has 0 atom stereocenters. The lowest BCUT2D eigenvalue weighted by atomic mass is 10.1. The summed E-state index contributed by atoms with van der Waals surface area (Å²) in [6.07, 6.45) is 3.21. The molecule has 0 aromatic carbocycles. The second-order valence-electron chi connectivity index (χ2n) is 3.33. The van der Waals surface area contributed by atoms with Gasteiger partial charge in [-0.1, -0.05) is 13.3 Å².